The van der Waals surface area contributed by atoms with Gasteiger partial charge in [-0.05, 0) is 19.1 Å². The average molecular weight is 153 g/mol. The predicted octanol–water partition coefficient (Wildman–Crippen LogP) is 2.16. The van der Waals surface area contributed by atoms with E-state index in [0.717, 1.165) is 11.5 Å². The molecule has 0 saturated carbocycles. The fourth-order valence-corrected chi connectivity index (χ4v) is 1.65. The van der Waals surface area contributed by atoms with Gasteiger partial charge in [-0.3, -0.25) is 0 Å². The maximum absolute atomic E-state index is 11.2. The second-order valence-electron chi connectivity index (χ2n) is 2.03. The summed E-state index contributed by atoms with van der Waals surface area (Å²) in [6.45, 7) is 1.94. The maximum Gasteiger partial charge on any atom is 0.376 e. The second-order valence-corrected chi connectivity index (χ2v) is 3.94. The van der Waals surface area contributed by atoms with E-state index in [2.05, 4.69) is 0 Å². The molecule has 1 aromatic carbocycles. The van der Waals surface area contributed by atoms with Crippen LogP contribution in [0.2, 0.25) is 0 Å². The van der Waals surface area contributed by atoms with E-state index in [4.69, 9.17) is 0 Å². The Hall–Kier alpha value is -0.680. The van der Waals surface area contributed by atoms with E-state index in [1.165, 1.54) is 0 Å². The van der Waals surface area contributed by atoms with Crippen LogP contribution in [0.4, 0.5) is 0 Å². The minimum absolute atomic E-state index is 0.735. The Bertz CT molecular complexity index is 218. The van der Waals surface area contributed by atoms with E-state index in [1.54, 1.807) is 0 Å². The minimum Gasteiger partial charge on any atom is -0.0681 e. The zero-order chi connectivity index (χ0) is 7.40. The van der Waals surface area contributed by atoms with Gasteiger partial charge in [0.1, 0.15) is 6.16 Å². The highest BCUT2D eigenvalue weighted by atomic mass is 31.1. The van der Waals surface area contributed by atoms with Crippen LogP contribution in [0.15, 0.2) is 30.3 Å². The molecule has 0 fully saturated rings. The number of benzene rings is 1. The molecule has 1 unspecified atom stereocenters. The van der Waals surface area contributed by atoms with Crippen LogP contribution >= 0.6 is 7.80 Å². The third-order valence-electron chi connectivity index (χ3n) is 1.33. The molecule has 0 aliphatic carbocycles. The highest BCUT2D eigenvalue weighted by Gasteiger charge is 2.13. The molecule has 0 saturated heterocycles. The van der Waals surface area contributed by atoms with Crippen LogP contribution in [-0.2, 0) is 4.57 Å². The maximum atomic E-state index is 11.2. The van der Waals surface area contributed by atoms with Crippen molar-refractivity contribution in [3.63, 3.8) is 0 Å². The summed E-state index contributed by atoms with van der Waals surface area (Å²) in [7, 11) is -1.12. The summed E-state index contributed by atoms with van der Waals surface area (Å²) < 4.78 is 11.2. The molecule has 10 heavy (non-hydrogen) atoms. The topological polar surface area (TPSA) is 17.1 Å². The molecule has 0 radical (unpaired) electrons. The van der Waals surface area contributed by atoms with Gasteiger partial charge in [0.25, 0.3) is 0 Å². The summed E-state index contributed by atoms with van der Waals surface area (Å²) >= 11 is 0. The van der Waals surface area contributed by atoms with Gasteiger partial charge in [0.2, 0.25) is 0 Å². The highest BCUT2D eigenvalue weighted by Crippen LogP contribution is 2.17. The monoisotopic (exact) mass is 153 g/mol. The Kier molecular flexibility index (Phi) is 2.58. The van der Waals surface area contributed by atoms with E-state index in [0.29, 0.717) is 0 Å². The number of rotatable bonds is 2. The van der Waals surface area contributed by atoms with Crippen LogP contribution in [0.25, 0.3) is 0 Å². The lowest BCUT2D eigenvalue weighted by Crippen LogP contribution is -1.94. The molecule has 2 heteroatoms. The van der Waals surface area contributed by atoms with Crippen LogP contribution in [0.5, 0.6) is 0 Å². The van der Waals surface area contributed by atoms with Crippen molar-refractivity contribution in [1.29, 1.82) is 0 Å². The molecule has 0 N–H and O–H groups in total. The molecule has 0 spiro atoms. The molecule has 0 bridgehead atoms. The third kappa shape index (κ3) is 1.65. The SMILES string of the molecule is CC[P+](=O)c1ccccc1. The lowest BCUT2D eigenvalue weighted by atomic mass is 10.4. The molecule has 0 aliphatic heterocycles. The van der Waals surface area contributed by atoms with E-state index in [1.807, 2.05) is 37.3 Å². The van der Waals surface area contributed by atoms with Crippen molar-refractivity contribution in [1.82, 2.24) is 0 Å². The minimum atomic E-state index is -1.12. The smallest absolute Gasteiger partial charge is 0.0681 e. The van der Waals surface area contributed by atoms with Gasteiger partial charge in [-0.25, -0.2) is 0 Å². The first kappa shape index (κ1) is 7.43. The van der Waals surface area contributed by atoms with Gasteiger partial charge in [0.15, 0.2) is 5.30 Å². The fraction of sp³-hybridized carbons (Fsp3) is 0.250. The van der Waals surface area contributed by atoms with E-state index in [9.17, 15) is 4.57 Å². The Morgan fingerprint density at radius 1 is 1.30 bits per heavy atom. The van der Waals surface area contributed by atoms with E-state index in [-0.39, 0.29) is 0 Å². The van der Waals surface area contributed by atoms with Crippen molar-refractivity contribution in [2.24, 2.45) is 0 Å². The zero-order valence-corrected chi connectivity index (χ0v) is 6.84. The van der Waals surface area contributed by atoms with E-state index < -0.39 is 7.80 Å². The first-order valence-electron chi connectivity index (χ1n) is 3.34. The Balaban J connectivity index is 2.85. The van der Waals surface area contributed by atoms with Gasteiger partial charge in [-0.15, -0.1) is 0 Å². The fourth-order valence-electron chi connectivity index (χ4n) is 0.777. The van der Waals surface area contributed by atoms with Crippen molar-refractivity contribution >= 4 is 13.1 Å². The molecule has 52 valence electrons. The van der Waals surface area contributed by atoms with Crippen LogP contribution < -0.4 is 5.30 Å². The summed E-state index contributed by atoms with van der Waals surface area (Å²) in [5.41, 5.74) is 0. The van der Waals surface area contributed by atoms with Gasteiger partial charge in [0.05, 0.1) is 0 Å². The predicted molar refractivity (Wildman–Crippen MR) is 44.2 cm³/mol. The van der Waals surface area contributed by atoms with Crippen molar-refractivity contribution in [2.45, 2.75) is 6.92 Å². The molecular weight excluding hydrogens is 143 g/mol. The van der Waals surface area contributed by atoms with Gasteiger partial charge in [-0.2, -0.15) is 0 Å². The summed E-state index contributed by atoms with van der Waals surface area (Å²) in [5, 5.41) is 0.958. The lowest BCUT2D eigenvalue weighted by Gasteiger charge is -1.82. The van der Waals surface area contributed by atoms with Crippen molar-refractivity contribution in [3.8, 4) is 0 Å². The van der Waals surface area contributed by atoms with Crippen LogP contribution in [0.1, 0.15) is 6.92 Å². The molecule has 0 aromatic heterocycles. The first-order chi connectivity index (χ1) is 4.84. The average Bonchev–Trinajstić information content (AvgIpc) is 2.05. The Morgan fingerprint density at radius 3 is 2.40 bits per heavy atom. The standard InChI is InChI=1S/C8H10OP/c1-2-10(9)8-6-4-3-5-7-8/h3-7H,2H2,1H3/q+1. The highest BCUT2D eigenvalue weighted by molar-refractivity contribution is 7.53. The normalized spacial score (nSPS) is 11.1. The zero-order valence-electron chi connectivity index (χ0n) is 5.95. The molecule has 1 aromatic rings. The Morgan fingerprint density at radius 2 is 1.90 bits per heavy atom. The lowest BCUT2D eigenvalue weighted by molar-refractivity contribution is 0.594. The van der Waals surface area contributed by atoms with Crippen molar-refractivity contribution < 1.29 is 4.57 Å². The van der Waals surface area contributed by atoms with Crippen LogP contribution in [0, 0.1) is 0 Å². The van der Waals surface area contributed by atoms with Crippen LogP contribution in [-0.4, -0.2) is 6.16 Å². The summed E-state index contributed by atoms with van der Waals surface area (Å²) in [4.78, 5) is 0. The Labute approximate surface area is 61.9 Å². The second kappa shape index (κ2) is 3.48. The van der Waals surface area contributed by atoms with Gasteiger partial charge in [-0.1, -0.05) is 22.8 Å². The van der Waals surface area contributed by atoms with Gasteiger partial charge >= 0.3 is 7.80 Å². The van der Waals surface area contributed by atoms with Crippen molar-refractivity contribution in [2.75, 3.05) is 6.16 Å². The van der Waals surface area contributed by atoms with E-state index >= 15 is 0 Å². The largest absolute Gasteiger partial charge is 0.376 e. The molecule has 1 rings (SSSR count). The quantitative estimate of drug-likeness (QED) is 0.595. The first-order valence-corrected chi connectivity index (χ1v) is 4.79. The molecule has 1 atom stereocenters. The molecule has 0 aliphatic rings. The number of hydrogen-bond donors (Lipinski definition) is 0. The van der Waals surface area contributed by atoms with Gasteiger partial charge in [0, 0.05) is 0 Å². The summed E-state index contributed by atoms with van der Waals surface area (Å²) in [5.74, 6) is 0. The number of hydrogen-bond acceptors (Lipinski definition) is 1. The third-order valence-corrected chi connectivity index (χ3v) is 2.78. The molecular formula is C8H10OP+. The molecule has 0 heterocycles. The van der Waals surface area contributed by atoms with Crippen LogP contribution in [0.3, 0.4) is 0 Å². The van der Waals surface area contributed by atoms with Crippen molar-refractivity contribution in [3.05, 3.63) is 30.3 Å². The van der Waals surface area contributed by atoms with Gasteiger partial charge < -0.3 is 0 Å². The molecule has 1 nitrogen and oxygen atoms in total. The summed E-state index contributed by atoms with van der Waals surface area (Å²) in [6.07, 6.45) is 0.735. The summed E-state index contributed by atoms with van der Waals surface area (Å²) in [6, 6.07) is 9.57. The molecule has 0 amide bonds.